The lowest BCUT2D eigenvalue weighted by Crippen LogP contribution is -2.32. The van der Waals surface area contributed by atoms with E-state index in [1.54, 1.807) is 12.1 Å². The summed E-state index contributed by atoms with van der Waals surface area (Å²) in [6.45, 7) is 2.82. The van der Waals surface area contributed by atoms with Crippen LogP contribution in [0, 0.1) is 10.1 Å². The van der Waals surface area contributed by atoms with E-state index < -0.39 is 0 Å². The van der Waals surface area contributed by atoms with Crippen LogP contribution in [0.15, 0.2) is 24.3 Å². The largest absolute Gasteiger partial charge is 0.315 e. The summed E-state index contributed by atoms with van der Waals surface area (Å²) in [5.74, 6) is 0. The Morgan fingerprint density at radius 2 is 2.41 bits per heavy atom. The molecule has 0 aliphatic carbocycles. The first-order valence-corrected chi connectivity index (χ1v) is 5.81. The highest BCUT2D eigenvalue weighted by atomic mass is 16.6. The van der Waals surface area contributed by atoms with Crippen molar-refractivity contribution < 1.29 is 4.92 Å². The fraction of sp³-hybridized carbons (Fsp3) is 0.500. The van der Waals surface area contributed by atoms with E-state index in [0.29, 0.717) is 6.04 Å². The van der Waals surface area contributed by atoms with Crippen molar-refractivity contribution in [3.63, 3.8) is 0 Å². The Bertz CT molecular complexity index is 402. The van der Waals surface area contributed by atoms with Gasteiger partial charge in [0, 0.05) is 31.3 Å². The van der Waals surface area contributed by atoms with Crippen LogP contribution >= 0.6 is 0 Å². The zero-order valence-electron chi connectivity index (χ0n) is 9.93. The SMILES string of the molecule is CN(Cc1cccc([N+](=O)[O-])c1)C1CCNC1. The van der Waals surface area contributed by atoms with Gasteiger partial charge in [0.15, 0.2) is 0 Å². The average Bonchev–Trinajstić information content (AvgIpc) is 2.82. The second-order valence-corrected chi connectivity index (χ2v) is 4.49. The number of nitrogens with one attached hydrogen (secondary N) is 1. The Hall–Kier alpha value is -1.46. The van der Waals surface area contributed by atoms with Crippen molar-refractivity contribution in [1.82, 2.24) is 10.2 Å². The zero-order valence-corrected chi connectivity index (χ0v) is 9.93. The summed E-state index contributed by atoms with van der Waals surface area (Å²) in [6.07, 6.45) is 1.14. The Morgan fingerprint density at radius 1 is 1.59 bits per heavy atom. The molecule has 1 unspecified atom stereocenters. The molecule has 1 aromatic rings. The van der Waals surface area contributed by atoms with Crippen molar-refractivity contribution in [2.75, 3.05) is 20.1 Å². The van der Waals surface area contributed by atoms with Crippen molar-refractivity contribution in [3.8, 4) is 0 Å². The van der Waals surface area contributed by atoms with E-state index in [1.807, 2.05) is 6.07 Å². The van der Waals surface area contributed by atoms with Gasteiger partial charge in [0.2, 0.25) is 0 Å². The van der Waals surface area contributed by atoms with Crippen LogP contribution in [0.4, 0.5) is 5.69 Å². The molecule has 1 atom stereocenters. The third-order valence-electron chi connectivity index (χ3n) is 3.21. The fourth-order valence-corrected chi connectivity index (χ4v) is 2.20. The van der Waals surface area contributed by atoms with Gasteiger partial charge in [0.05, 0.1) is 4.92 Å². The Morgan fingerprint density at radius 3 is 3.06 bits per heavy atom. The van der Waals surface area contributed by atoms with E-state index in [0.717, 1.165) is 31.6 Å². The lowest BCUT2D eigenvalue weighted by atomic mass is 10.1. The third-order valence-corrected chi connectivity index (χ3v) is 3.21. The number of likely N-dealkylation sites (N-methyl/N-ethyl adjacent to an activating group) is 1. The molecule has 1 saturated heterocycles. The first-order chi connectivity index (χ1) is 8.16. The second-order valence-electron chi connectivity index (χ2n) is 4.49. The van der Waals surface area contributed by atoms with Crippen LogP contribution in [0.2, 0.25) is 0 Å². The molecule has 0 bridgehead atoms. The normalized spacial score (nSPS) is 19.8. The number of rotatable bonds is 4. The maximum atomic E-state index is 10.7. The molecule has 5 heteroatoms. The highest BCUT2D eigenvalue weighted by Crippen LogP contribution is 2.16. The summed E-state index contributed by atoms with van der Waals surface area (Å²) in [7, 11) is 2.07. The minimum absolute atomic E-state index is 0.167. The van der Waals surface area contributed by atoms with Gasteiger partial charge in [-0.15, -0.1) is 0 Å². The van der Waals surface area contributed by atoms with Gasteiger partial charge in [0.1, 0.15) is 0 Å². The number of hydrogen-bond donors (Lipinski definition) is 1. The Kier molecular flexibility index (Phi) is 3.71. The van der Waals surface area contributed by atoms with Gasteiger partial charge in [-0.2, -0.15) is 0 Å². The van der Waals surface area contributed by atoms with Gasteiger partial charge in [-0.25, -0.2) is 0 Å². The van der Waals surface area contributed by atoms with Gasteiger partial charge >= 0.3 is 0 Å². The molecule has 92 valence electrons. The quantitative estimate of drug-likeness (QED) is 0.633. The van der Waals surface area contributed by atoms with Gasteiger partial charge in [-0.1, -0.05) is 12.1 Å². The number of benzene rings is 1. The summed E-state index contributed by atoms with van der Waals surface area (Å²) in [6, 6.07) is 7.40. The first kappa shape index (κ1) is 12.0. The van der Waals surface area contributed by atoms with Crippen LogP contribution in [0.1, 0.15) is 12.0 Å². The zero-order chi connectivity index (χ0) is 12.3. The summed E-state index contributed by atoms with van der Waals surface area (Å²) in [5.41, 5.74) is 1.16. The van der Waals surface area contributed by atoms with Crippen LogP contribution in [-0.4, -0.2) is 36.0 Å². The summed E-state index contributed by atoms with van der Waals surface area (Å²) in [5, 5.41) is 14.0. The van der Waals surface area contributed by atoms with E-state index in [2.05, 4.69) is 17.3 Å². The van der Waals surface area contributed by atoms with Crippen LogP contribution in [0.25, 0.3) is 0 Å². The van der Waals surface area contributed by atoms with Gasteiger partial charge in [0.25, 0.3) is 5.69 Å². The van der Waals surface area contributed by atoms with E-state index >= 15 is 0 Å². The third kappa shape index (κ3) is 3.01. The van der Waals surface area contributed by atoms with Crippen molar-refractivity contribution in [1.29, 1.82) is 0 Å². The average molecular weight is 235 g/mol. The molecule has 17 heavy (non-hydrogen) atoms. The minimum Gasteiger partial charge on any atom is -0.315 e. The van der Waals surface area contributed by atoms with Crippen molar-refractivity contribution in [2.24, 2.45) is 0 Å². The number of nitro benzene ring substituents is 1. The molecule has 0 amide bonds. The lowest BCUT2D eigenvalue weighted by molar-refractivity contribution is -0.384. The highest BCUT2D eigenvalue weighted by molar-refractivity contribution is 5.34. The number of nitrogens with zero attached hydrogens (tertiary/aromatic N) is 2. The second kappa shape index (κ2) is 5.25. The van der Waals surface area contributed by atoms with Gasteiger partial charge < -0.3 is 5.32 Å². The molecule has 1 aliphatic rings. The summed E-state index contributed by atoms with van der Waals surface area (Å²) < 4.78 is 0. The maximum absolute atomic E-state index is 10.7. The van der Waals surface area contributed by atoms with Crippen LogP contribution < -0.4 is 5.32 Å². The molecule has 1 heterocycles. The van der Waals surface area contributed by atoms with E-state index in [4.69, 9.17) is 0 Å². The Labute approximate surface area is 101 Å². The number of nitro groups is 1. The number of non-ortho nitro benzene ring substituents is 1. The predicted octanol–water partition coefficient (Wildman–Crippen LogP) is 1.39. The van der Waals surface area contributed by atoms with Crippen molar-refractivity contribution >= 4 is 5.69 Å². The van der Waals surface area contributed by atoms with E-state index in [-0.39, 0.29) is 10.6 Å². The molecule has 2 rings (SSSR count). The van der Waals surface area contributed by atoms with E-state index in [1.165, 1.54) is 6.07 Å². The maximum Gasteiger partial charge on any atom is 0.269 e. The van der Waals surface area contributed by atoms with E-state index in [9.17, 15) is 10.1 Å². The summed E-state index contributed by atoms with van der Waals surface area (Å²) in [4.78, 5) is 12.6. The molecule has 1 aromatic carbocycles. The minimum atomic E-state index is -0.347. The molecule has 0 saturated carbocycles. The summed E-state index contributed by atoms with van der Waals surface area (Å²) >= 11 is 0. The van der Waals surface area contributed by atoms with Crippen molar-refractivity contribution in [2.45, 2.75) is 19.0 Å². The van der Waals surface area contributed by atoms with Gasteiger partial charge in [-0.05, 0) is 25.6 Å². The monoisotopic (exact) mass is 235 g/mol. The molecule has 1 N–H and O–H groups in total. The standard InChI is InChI=1S/C12H17N3O2/c1-14(12-5-6-13-8-12)9-10-3-2-4-11(7-10)15(16)17/h2-4,7,12-13H,5-6,8-9H2,1H3. The molecular weight excluding hydrogens is 218 g/mol. The lowest BCUT2D eigenvalue weighted by Gasteiger charge is -2.23. The predicted molar refractivity (Wildman–Crippen MR) is 65.8 cm³/mol. The molecule has 0 radical (unpaired) electrons. The highest BCUT2D eigenvalue weighted by Gasteiger charge is 2.19. The van der Waals surface area contributed by atoms with Crippen LogP contribution in [-0.2, 0) is 6.54 Å². The molecule has 1 aliphatic heterocycles. The van der Waals surface area contributed by atoms with Crippen molar-refractivity contribution in [3.05, 3.63) is 39.9 Å². The fourth-order valence-electron chi connectivity index (χ4n) is 2.20. The Balaban J connectivity index is 2.02. The molecule has 0 aromatic heterocycles. The first-order valence-electron chi connectivity index (χ1n) is 5.81. The topological polar surface area (TPSA) is 58.4 Å². The smallest absolute Gasteiger partial charge is 0.269 e. The molecule has 5 nitrogen and oxygen atoms in total. The molecular formula is C12H17N3O2. The van der Waals surface area contributed by atoms with Crippen LogP contribution in [0.3, 0.4) is 0 Å². The van der Waals surface area contributed by atoms with Crippen LogP contribution in [0.5, 0.6) is 0 Å². The molecule has 0 spiro atoms. The van der Waals surface area contributed by atoms with Gasteiger partial charge in [-0.3, -0.25) is 15.0 Å². The number of hydrogen-bond acceptors (Lipinski definition) is 4. The molecule has 1 fully saturated rings.